The van der Waals surface area contributed by atoms with Crippen LogP contribution in [-0.4, -0.2) is 32.3 Å². The van der Waals surface area contributed by atoms with E-state index >= 15 is 0 Å². The van der Waals surface area contributed by atoms with Gasteiger partial charge in [0.1, 0.15) is 11.4 Å². The van der Waals surface area contributed by atoms with Gasteiger partial charge in [0.2, 0.25) is 0 Å². The number of hydrogen-bond donors (Lipinski definition) is 2. The number of pyridine rings is 1. The molecule has 0 bridgehead atoms. The number of aromatic nitrogens is 3. The molecule has 0 aliphatic rings. The van der Waals surface area contributed by atoms with Crippen LogP contribution in [0.15, 0.2) is 47.4 Å². The summed E-state index contributed by atoms with van der Waals surface area (Å²) in [6.45, 7) is 0.990. The van der Waals surface area contributed by atoms with Crippen LogP contribution in [-0.2, 0) is 6.54 Å². The number of anilines is 2. The van der Waals surface area contributed by atoms with Crippen LogP contribution in [0.1, 0.15) is 17.3 Å². The quantitative estimate of drug-likeness (QED) is 0.594. The molecule has 3 rings (SSSR count). The zero-order valence-electron chi connectivity index (χ0n) is 14.8. The van der Waals surface area contributed by atoms with Crippen LogP contribution in [0.3, 0.4) is 0 Å². The zero-order chi connectivity index (χ0) is 20.3. The van der Waals surface area contributed by atoms with Crippen LogP contribution in [0.5, 0.6) is 0 Å². The molecule has 2 N–H and O–H groups in total. The van der Waals surface area contributed by atoms with Crippen molar-refractivity contribution in [2.45, 2.75) is 13.5 Å². The molecule has 7 nitrogen and oxygen atoms in total. The number of halogens is 2. The minimum Gasteiger partial charge on any atom is -0.394 e. The van der Waals surface area contributed by atoms with Gasteiger partial charge < -0.3 is 10.4 Å². The van der Waals surface area contributed by atoms with Crippen molar-refractivity contribution in [1.29, 1.82) is 0 Å². The molecule has 0 radical (unpaired) electrons. The summed E-state index contributed by atoms with van der Waals surface area (Å²) in [7, 11) is 0. The van der Waals surface area contributed by atoms with Crippen LogP contribution in [0.2, 0.25) is 10.0 Å². The molecular formula is C19H16Cl2N4O3. The lowest BCUT2D eigenvalue weighted by atomic mass is 10.1. The number of aliphatic hydroxyl groups is 1. The Morgan fingerprint density at radius 3 is 2.68 bits per heavy atom. The van der Waals surface area contributed by atoms with Gasteiger partial charge in [-0.1, -0.05) is 29.3 Å². The van der Waals surface area contributed by atoms with Gasteiger partial charge in [-0.3, -0.25) is 14.6 Å². The number of aliphatic hydroxyl groups excluding tert-OH is 1. The Kier molecular flexibility index (Phi) is 6.08. The predicted molar refractivity (Wildman–Crippen MR) is 109 cm³/mol. The van der Waals surface area contributed by atoms with Gasteiger partial charge in [-0.15, -0.1) is 0 Å². The van der Waals surface area contributed by atoms with E-state index in [0.717, 1.165) is 4.68 Å². The summed E-state index contributed by atoms with van der Waals surface area (Å²) in [6.07, 6.45) is 1.56. The molecule has 2 heterocycles. The molecule has 0 aliphatic heterocycles. The Morgan fingerprint density at radius 1 is 1.25 bits per heavy atom. The lowest BCUT2D eigenvalue weighted by Crippen LogP contribution is -2.29. The van der Waals surface area contributed by atoms with Crippen molar-refractivity contribution in [2.24, 2.45) is 0 Å². The first-order valence-electron chi connectivity index (χ1n) is 8.32. The lowest BCUT2D eigenvalue weighted by molar-refractivity contribution is 0.101. The van der Waals surface area contributed by atoms with Gasteiger partial charge in [-0.2, -0.15) is 5.10 Å². The Bertz CT molecular complexity index is 1080. The smallest absolute Gasteiger partial charge is 0.291 e. The average Bonchev–Trinajstić information content (AvgIpc) is 2.68. The molecule has 0 fully saturated rings. The molecule has 144 valence electrons. The Hall–Kier alpha value is -2.74. The van der Waals surface area contributed by atoms with E-state index in [1.165, 1.54) is 6.92 Å². The van der Waals surface area contributed by atoms with Crippen LogP contribution >= 0.6 is 23.2 Å². The van der Waals surface area contributed by atoms with Crippen LogP contribution < -0.4 is 10.9 Å². The van der Waals surface area contributed by atoms with E-state index in [-0.39, 0.29) is 35.9 Å². The molecular weight excluding hydrogens is 403 g/mol. The van der Waals surface area contributed by atoms with Gasteiger partial charge in [0.05, 0.1) is 35.1 Å². The molecule has 0 unspecified atom stereocenters. The fourth-order valence-corrected chi connectivity index (χ4v) is 3.02. The number of nitrogens with one attached hydrogen (secondary N) is 1. The van der Waals surface area contributed by atoms with Crippen LogP contribution in [0.25, 0.3) is 11.4 Å². The van der Waals surface area contributed by atoms with Gasteiger partial charge in [-0.05, 0) is 37.3 Å². The normalized spacial score (nSPS) is 10.7. The van der Waals surface area contributed by atoms with Crippen molar-refractivity contribution >= 4 is 40.4 Å². The number of nitrogens with zero attached hydrogens (tertiary/aromatic N) is 3. The molecule has 2 aromatic heterocycles. The molecule has 0 amide bonds. The monoisotopic (exact) mass is 418 g/mol. The topological polar surface area (TPSA) is 97.1 Å². The molecule has 28 heavy (non-hydrogen) atoms. The predicted octanol–water partition coefficient (Wildman–Crippen LogP) is 3.55. The third-order valence-electron chi connectivity index (χ3n) is 3.92. The number of rotatable bonds is 6. The number of benzene rings is 1. The van der Waals surface area contributed by atoms with Gasteiger partial charge >= 0.3 is 0 Å². The van der Waals surface area contributed by atoms with Crippen molar-refractivity contribution in [1.82, 2.24) is 14.8 Å². The molecule has 0 saturated heterocycles. The summed E-state index contributed by atoms with van der Waals surface area (Å²) in [4.78, 5) is 29.6. The van der Waals surface area contributed by atoms with Crippen molar-refractivity contribution in [3.63, 3.8) is 0 Å². The van der Waals surface area contributed by atoms with E-state index in [2.05, 4.69) is 15.4 Å². The van der Waals surface area contributed by atoms with E-state index in [4.69, 9.17) is 23.2 Å². The van der Waals surface area contributed by atoms with Crippen LogP contribution in [0, 0.1) is 0 Å². The fourth-order valence-electron chi connectivity index (χ4n) is 2.69. The fraction of sp³-hybridized carbons (Fsp3) is 0.158. The SMILES string of the molecule is CC(=O)c1c(-c2ccccn2)nn(CCO)c(=O)c1Nc1cc(Cl)ccc1Cl. The molecule has 0 aliphatic carbocycles. The highest BCUT2D eigenvalue weighted by atomic mass is 35.5. The van der Waals surface area contributed by atoms with Crippen molar-refractivity contribution in [3.8, 4) is 11.4 Å². The molecule has 3 aromatic rings. The van der Waals surface area contributed by atoms with Gasteiger partial charge in [0.15, 0.2) is 5.78 Å². The molecule has 0 atom stereocenters. The first-order valence-corrected chi connectivity index (χ1v) is 9.08. The van der Waals surface area contributed by atoms with Gasteiger partial charge in [0.25, 0.3) is 5.56 Å². The largest absolute Gasteiger partial charge is 0.394 e. The second-order valence-electron chi connectivity index (χ2n) is 5.87. The number of Topliss-reactive ketones (excluding diaryl/α,β-unsaturated/α-hetero) is 1. The highest BCUT2D eigenvalue weighted by Gasteiger charge is 2.23. The van der Waals surface area contributed by atoms with E-state index in [1.807, 2.05) is 0 Å². The minimum absolute atomic E-state index is 0.0132. The Labute approximate surface area is 170 Å². The summed E-state index contributed by atoms with van der Waals surface area (Å²) >= 11 is 12.2. The Morgan fingerprint density at radius 2 is 2.04 bits per heavy atom. The highest BCUT2D eigenvalue weighted by Crippen LogP contribution is 2.31. The van der Waals surface area contributed by atoms with Crippen molar-refractivity contribution < 1.29 is 9.90 Å². The first kappa shape index (κ1) is 20.0. The molecule has 0 spiro atoms. The maximum absolute atomic E-state index is 12.9. The number of carbonyl (C=O) groups is 1. The number of ketones is 1. The zero-order valence-corrected chi connectivity index (χ0v) is 16.3. The van der Waals surface area contributed by atoms with Gasteiger partial charge in [-0.25, -0.2) is 4.68 Å². The maximum Gasteiger partial charge on any atom is 0.291 e. The molecule has 0 saturated carbocycles. The van der Waals surface area contributed by atoms with E-state index < -0.39 is 5.56 Å². The third-order valence-corrected chi connectivity index (χ3v) is 4.48. The van der Waals surface area contributed by atoms with E-state index in [9.17, 15) is 14.7 Å². The van der Waals surface area contributed by atoms with Crippen molar-refractivity contribution in [3.05, 3.63) is 68.6 Å². The third kappa shape index (κ3) is 4.06. The minimum atomic E-state index is -0.574. The van der Waals surface area contributed by atoms with Crippen molar-refractivity contribution in [2.75, 3.05) is 11.9 Å². The highest BCUT2D eigenvalue weighted by molar-refractivity contribution is 6.35. The summed E-state index contributed by atoms with van der Waals surface area (Å²) in [6, 6.07) is 9.88. The van der Waals surface area contributed by atoms with E-state index in [0.29, 0.717) is 21.4 Å². The van der Waals surface area contributed by atoms with Gasteiger partial charge in [0, 0.05) is 11.2 Å². The second-order valence-corrected chi connectivity index (χ2v) is 6.71. The first-order chi connectivity index (χ1) is 13.4. The summed E-state index contributed by atoms with van der Waals surface area (Å²) in [5, 5.41) is 17.2. The summed E-state index contributed by atoms with van der Waals surface area (Å²) < 4.78 is 1.08. The Balaban J connectivity index is 2.30. The number of hydrogen-bond acceptors (Lipinski definition) is 6. The summed E-state index contributed by atoms with van der Waals surface area (Å²) in [5.41, 5.74) is 0.494. The van der Waals surface area contributed by atoms with Crippen LogP contribution in [0.4, 0.5) is 11.4 Å². The lowest BCUT2D eigenvalue weighted by Gasteiger charge is -2.16. The standard InChI is InChI=1S/C19H16Cl2N4O3/c1-11(27)16-17(14-4-2-3-7-22-14)24-25(8-9-26)19(28)18(16)23-15-10-12(20)5-6-13(15)21/h2-7,10,23,26H,8-9H2,1H3. The molecule has 9 heteroatoms. The number of carbonyl (C=O) groups excluding carboxylic acids is 1. The average molecular weight is 419 g/mol. The summed E-state index contributed by atoms with van der Waals surface area (Å²) in [5.74, 6) is -0.373. The molecule has 1 aromatic carbocycles. The maximum atomic E-state index is 12.9. The second kappa shape index (κ2) is 8.52. The van der Waals surface area contributed by atoms with E-state index in [1.54, 1.807) is 42.6 Å².